The summed E-state index contributed by atoms with van der Waals surface area (Å²) in [4.78, 5) is 4.45. The van der Waals surface area contributed by atoms with Crippen LogP contribution in [0.4, 0.5) is 5.69 Å². The van der Waals surface area contributed by atoms with Crippen molar-refractivity contribution in [2.45, 2.75) is 13.8 Å². The van der Waals surface area contributed by atoms with E-state index in [4.69, 9.17) is 20.8 Å². The van der Waals surface area contributed by atoms with Gasteiger partial charge in [0, 0.05) is 11.8 Å². The molecule has 0 radical (unpaired) electrons. The molecule has 3 nitrogen and oxygen atoms in total. The van der Waals surface area contributed by atoms with Gasteiger partial charge in [-0.1, -0.05) is 23.7 Å². The van der Waals surface area contributed by atoms with Gasteiger partial charge in [0.25, 0.3) is 0 Å². The molecule has 0 atom stereocenters. The number of para-hydroxylation sites is 1. The lowest BCUT2D eigenvalue weighted by molar-refractivity contribution is 0.483. The van der Waals surface area contributed by atoms with Crippen LogP contribution in [0.3, 0.4) is 0 Å². The number of aliphatic imine (C=N–C) groups is 1. The summed E-state index contributed by atoms with van der Waals surface area (Å²) in [5, 5.41) is 0.584. The monoisotopic (exact) mass is 325 g/mol. The lowest BCUT2D eigenvalue weighted by Crippen LogP contribution is -1.84. The van der Waals surface area contributed by atoms with Crippen molar-refractivity contribution in [3.05, 3.63) is 76.7 Å². The topological polar surface area (TPSA) is 34.7 Å². The van der Waals surface area contributed by atoms with Crippen molar-refractivity contribution in [1.29, 1.82) is 0 Å². The van der Waals surface area contributed by atoms with Crippen LogP contribution in [0.15, 0.2) is 64.0 Å². The van der Waals surface area contributed by atoms with E-state index in [0.29, 0.717) is 16.5 Å². The molecule has 0 aliphatic carbocycles. The van der Waals surface area contributed by atoms with Gasteiger partial charge in [0.05, 0.1) is 10.7 Å². The molecule has 0 bridgehead atoms. The van der Waals surface area contributed by atoms with Gasteiger partial charge in [-0.25, -0.2) is 0 Å². The first kappa shape index (κ1) is 15.4. The highest BCUT2D eigenvalue weighted by atomic mass is 35.5. The summed E-state index contributed by atoms with van der Waals surface area (Å²) in [6.45, 7) is 3.85. The van der Waals surface area contributed by atoms with Gasteiger partial charge in [-0.3, -0.25) is 4.99 Å². The van der Waals surface area contributed by atoms with E-state index in [-0.39, 0.29) is 0 Å². The second-order valence-electron chi connectivity index (χ2n) is 5.15. The smallest absolute Gasteiger partial charge is 0.146 e. The SMILES string of the molecule is Cc1cc(C=Nc2ccc(Oc3ccccc3Cl)cc2)c(C)o1. The standard InChI is InChI=1S/C19H16ClNO2/c1-13-11-15(14(2)22-13)12-21-16-7-9-17(10-8-16)23-19-6-4-3-5-18(19)20/h3-12H,1-2H3. The van der Waals surface area contributed by atoms with Gasteiger partial charge in [-0.2, -0.15) is 0 Å². The molecule has 3 rings (SSSR count). The molecule has 0 N–H and O–H groups in total. The van der Waals surface area contributed by atoms with Crippen molar-refractivity contribution in [1.82, 2.24) is 0 Å². The first-order chi connectivity index (χ1) is 11.1. The Morgan fingerprint density at radius 2 is 1.78 bits per heavy atom. The van der Waals surface area contributed by atoms with Crippen LogP contribution in [-0.2, 0) is 0 Å². The van der Waals surface area contributed by atoms with E-state index in [2.05, 4.69) is 4.99 Å². The second kappa shape index (κ2) is 6.71. The van der Waals surface area contributed by atoms with Crippen LogP contribution >= 0.6 is 11.6 Å². The first-order valence-corrected chi connectivity index (χ1v) is 7.63. The molecule has 0 aliphatic rings. The maximum Gasteiger partial charge on any atom is 0.146 e. The van der Waals surface area contributed by atoms with Gasteiger partial charge in [0.2, 0.25) is 0 Å². The molecule has 23 heavy (non-hydrogen) atoms. The van der Waals surface area contributed by atoms with Gasteiger partial charge in [0.15, 0.2) is 0 Å². The van der Waals surface area contributed by atoms with Crippen LogP contribution < -0.4 is 4.74 Å². The summed E-state index contributed by atoms with van der Waals surface area (Å²) in [6.07, 6.45) is 1.80. The maximum absolute atomic E-state index is 6.08. The van der Waals surface area contributed by atoms with Crippen molar-refractivity contribution < 1.29 is 9.15 Å². The largest absolute Gasteiger partial charge is 0.466 e. The third-order valence-electron chi connectivity index (χ3n) is 3.33. The van der Waals surface area contributed by atoms with E-state index in [1.165, 1.54) is 0 Å². The predicted molar refractivity (Wildman–Crippen MR) is 93.4 cm³/mol. The zero-order chi connectivity index (χ0) is 16.2. The molecule has 2 aromatic carbocycles. The van der Waals surface area contributed by atoms with Crippen molar-refractivity contribution in [3.8, 4) is 11.5 Å². The zero-order valence-corrected chi connectivity index (χ0v) is 13.7. The van der Waals surface area contributed by atoms with Gasteiger partial charge in [-0.15, -0.1) is 0 Å². The fraction of sp³-hybridized carbons (Fsp3) is 0.105. The lowest BCUT2D eigenvalue weighted by Gasteiger charge is -2.07. The molecular formula is C19H16ClNO2. The van der Waals surface area contributed by atoms with Crippen LogP contribution in [-0.4, -0.2) is 6.21 Å². The van der Waals surface area contributed by atoms with Crippen LogP contribution in [0.5, 0.6) is 11.5 Å². The van der Waals surface area contributed by atoms with E-state index in [0.717, 1.165) is 22.8 Å². The molecule has 1 heterocycles. The number of benzene rings is 2. The number of hydrogen-bond donors (Lipinski definition) is 0. The van der Waals surface area contributed by atoms with Gasteiger partial charge in [-0.05, 0) is 56.3 Å². The Morgan fingerprint density at radius 1 is 1.04 bits per heavy atom. The number of rotatable bonds is 4. The number of furan rings is 1. The quantitative estimate of drug-likeness (QED) is 0.544. The Balaban J connectivity index is 1.72. The minimum Gasteiger partial charge on any atom is -0.466 e. The van der Waals surface area contributed by atoms with E-state index < -0.39 is 0 Å². The van der Waals surface area contributed by atoms with Crippen LogP contribution in [0.25, 0.3) is 0 Å². The van der Waals surface area contributed by atoms with E-state index in [1.54, 1.807) is 12.3 Å². The van der Waals surface area contributed by atoms with Crippen molar-refractivity contribution in [2.75, 3.05) is 0 Å². The molecule has 116 valence electrons. The van der Waals surface area contributed by atoms with Crippen molar-refractivity contribution >= 4 is 23.5 Å². The molecular weight excluding hydrogens is 310 g/mol. The first-order valence-electron chi connectivity index (χ1n) is 7.25. The third-order valence-corrected chi connectivity index (χ3v) is 3.65. The summed E-state index contributed by atoms with van der Waals surface area (Å²) in [7, 11) is 0. The summed E-state index contributed by atoms with van der Waals surface area (Å²) < 4.78 is 11.2. The molecule has 0 saturated heterocycles. The Hall–Kier alpha value is -2.52. The van der Waals surface area contributed by atoms with E-state index >= 15 is 0 Å². The minimum atomic E-state index is 0.584. The molecule has 3 aromatic rings. The highest BCUT2D eigenvalue weighted by Gasteiger charge is 2.03. The fourth-order valence-corrected chi connectivity index (χ4v) is 2.35. The van der Waals surface area contributed by atoms with Crippen molar-refractivity contribution in [3.63, 3.8) is 0 Å². The lowest BCUT2D eigenvalue weighted by atomic mass is 10.2. The normalized spacial score (nSPS) is 11.1. The van der Waals surface area contributed by atoms with Gasteiger partial charge in [0.1, 0.15) is 23.0 Å². The number of ether oxygens (including phenoxy) is 1. The molecule has 0 saturated carbocycles. The molecule has 4 heteroatoms. The molecule has 1 aromatic heterocycles. The number of halogens is 1. The van der Waals surface area contributed by atoms with Gasteiger partial charge >= 0.3 is 0 Å². The summed E-state index contributed by atoms with van der Waals surface area (Å²) in [5.74, 6) is 3.10. The van der Waals surface area contributed by atoms with Crippen LogP contribution in [0.2, 0.25) is 5.02 Å². The highest BCUT2D eigenvalue weighted by Crippen LogP contribution is 2.29. The molecule has 0 amide bonds. The molecule has 0 unspecified atom stereocenters. The fourth-order valence-electron chi connectivity index (χ4n) is 2.18. The van der Waals surface area contributed by atoms with Crippen molar-refractivity contribution in [2.24, 2.45) is 4.99 Å². The molecule has 0 spiro atoms. The second-order valence-corrected chi connectivity index (χ2v) is 5.56. The van der Waals surface area contributed by atoms with E-state index in [1.807, 2.05) is 62.4 Å². The van der Waals surface area contributed by atoms with Gasteiger partial charge < -0.3 is 9.15 Å². The highest BCUT2D eigenvalue weighted by molar-refractivity contribution is 6.32. The Morgan fingerprint density at radius 3 is 2.43 bits per heavy atom. The molecule has 0 fully saturated rings. The van der Waals surface area contributed by atoms with E-state index in [9.17, 15) is 0 Å². The Bertz CT molecular complexity index is 835. The summed E-state index contributed by atoms with van der Waals surface area (Å²) in [5.41, 5.74) is 1.83. The Kier molecular flexibility index (Phi) is 4.49. The van der Waals surface area contributed by atoms with Crippen LogP contribution in [0.1, 0.15) is 17.1 Å². The average Bonchev–Trinajstić information content (AvgIpc) is 2.87. The third kappa shape index (κ3) is 3.82. The summed E-state index contributed by atoms with van der Waals surface area (Å²) in [6, 6.07) is 16.9. The van der Waals surface area contributed by atoms with Crippen LogP contribution in [0, 0.1) is 13.8 Å². The number of aryl methyl sites for hydroxylation is 2. The summed E-state index contributed by atoms with van der Waals surface area (Å²) >= 11 is 6.08. The zero-order valence-electron chi connectivity index (χ0n) is 12.9. The minimum absolute atomic E-state index is 0.584. The average molecular weight is 326 g/mol. The number of hydrogen-bond acceptors (Lipinski definition) is 3. The number of nitrogens with zero attached hydrogens (tertiary/aromatic N) is 1. The molecule has 0 aliphatic heterocycles. The Labute approximate surface area is 140 Å². The maximum atomic E-state index is 6.08. The predicted octanol–water partition coefficient (Wildman–Crippen LogP) is 6.09.